The maximum atomic E-state index is 12.2. The second-order valence-corrected chi connectivity index (χ2v) is 9.07. The average molecular weight is 486 g/mol. The van der Waals surface area contributed by atoms with E-state index in [2.05, 4.69) is 0 Å². The van der Waals surface area contributed by atoms with E-state index in [0.29, 0.717) is 0 Å². The van der Waals surface area contributed by atoms with Gasteiger partial charge in [-0.25, -0.2) is 4.79 Å². The fourth-order valence-electron chi connectivity index (χ4n) is 2.43. The van der Waals surface area contributed by atoms with E-state index in [-0.39, 0.29) is 59.1 Å². The summed E-state index contributed by atoms with van der Waals surface area (Å²) in [5.74, 6) is -1.82. The number of nitrogens with one attached hydrogen (secondary N) is 1. The first-order chi connectivity index (χ1) is 13.2. The van der Waals surface area contributed by atoms with Crippen molar-refractivity contribution in [1.29, 1.82) is 0 Å². The van der Waals surface area contributed by atoms with Crippen LogP contribution in [0.4, 0.5) is 0 Å². The molecule has 0 spiro atoms. The standard InChI is InChI=1S/C13H18N2O11P2.2Na/c16-3-5(17)8(19)12(22)28(27-24)25-4-6-9(20)10(21)11(26-6)15-2-1-7(18)14-13(15)23;;/h1-2,5-6,8-12,16-17,19,22H,3-4H2,(H,14,18,23);;/q-2;2*+1/t5-,6-,8+,9-,10-,11-,12-,28?;;/m1../s1. The fraction of sp³-hybridized carbons (Fsp3) is 0.692. The number of nitrogens with zero attached hydrogens (tertiary/aromatic N) is 1. The second-order valence-electron chi connectivity index (χ2n) is 5.85. The van der Waals surface area contributed by atoms with Gasteiger partial charge >= 0.3 is 64.8 Å². The molecule has 0 bridgehead atoms. The van der Waals surface area contributed by atoms with Gasteiger partial charge in [-0.05, 0) is 0 Å². The van der Waals surface area contributed by atoms with Crippen LogP contribution in [0.25, 0.3) is 0 Å². The molecular formula is C13H18N2Na2O11P2. The molecule has 1 fully saturated rings. The van der Waals surface area contributed by atoms with Gasteiger partial charge in [-0.1, -0.05) is 6.10 Å². The number of aliphatic hydroxyl groups excluding tert-OH is 4. The summed E-state index contributed by atoms with van der Waals surface area (Å²) in [4.78, 5) is 24.8. The van der Waals surface area contributed by atoms with E-state index in [1.807, 2.05) is 4.98 Å². The van der Waals surface area contributed by atoms with Gasteiger partial charge in [0.2, 0.25) is 8.15 Å². The predicted molar refractivity (Wildman–Crippen MR) is 88.4 cm³/mol. The van der Waals surface area contributed by atoms with E-state index in [9.17, 15) is 39.7 Å². The molecule has 0 saturated carbocycles. The maximum Gasteiger partial charge on any atom is 1.00 e. The van der Waals surface area contributed by atoms with Crippen molar-refractivity contribution in [3.63, 3.8) is 0 Å². The summed E-state index contributed by atoms with van der Waals surface area (Å²) in [5.41, 5.74) is -1.64. The van der Waals surface area contributed by atoms with Crippen molar-refractivity contribution in [2.75, 3.05) is 13.2 Å². The van der Waals surface area contributed by atoms with Crippen LogP contribution in [0.2, 0.25) is 0 Å². The first-order valence-electron chi connectivity index (χ1n) is 7.90. The summed E-state index contributed by atoms with van der Waals surface area (Å²) >= 11 is 0. The van der Waals surface area contributed by atoms with Gasteiger partial charge < -0.3 is 39.9 Å². The third-order valence-electron chi connectivity index (χ3n) is 3.98. The molecule has 158 valence electrons. The van der Waals surface area contributed by atoms with E-state index >= 15 is 0 Å². The van der Waals surface area contributed by atoms with Gasteiger partial charge in [0.15, 0.2) is 7.84 Å². The third-order valence-corrected chi connectivity index (χ3v) is 6.85. The number of ether oxygens (including phenoxy) is 1. The van der Waals surface area contributed by atoms with E-state index in [1.54, 1.807) is 0 Å². The van der Waals surface area contributed by atoms with Gasteiger partial charge in [-0.15, -0.1) is 6.10 Å². The molecule has 17 heteroatoms. The van der Waals surface area contributed by atoms with Crippen molar-refractivity contribution < 1.29 is 104 Å². The molecule has 1 aliphatic heterocycles. The Morgan fingerprint density at radius 2 is 1.90 bits per heavy atom. The van der Waals surface area contributed by atoms with Gasteiger partial charge in [0.05, 0.1) is 19.3 Å². The van der Waals surface area contributed by atoms with Gasteiger partial charge in [-0.3, -0.25) is 18.9 Å². The molecule has 1 aromatic heterocycles. The summed E-state index contributed by atoms with van der Waals surface area (Å²) in [6.45, 7) is -1.44. The zero-order valence-electron chi connectivity index (χ0n) is 16.1. The molecule has 8 atom stereocenters. The van der Waals surface area contributed by atoms with Crippen molar-refractivity contribution in [2.45, 2.75) is 42.6 Å². The van der Waals surface area contributed by atoms with Crippen LogP contribution in [0.3, 0.4) is 0 Å². The Kier molecular flexibility index (Phi) is 14.6. The Hall–Kier alpha value is 0.890. The molecule has 0 radical (unpaired) electrons. The second kappa shape index (κ2) is 14.2. The van der Waals surface area contributed by atoms with E-state index in [0.717, 1.165) is 16.8 Å². The van der Waals surface area contributed by atoms with Crippen LogP contribution < -0.4 is 80.6 Å². The van der Waals surface area contributed by atoms with E-state index in [4.69, 9.17) is 14.4 Å². The summed E-state index contributed by atoms with van der Waals surface area (Å²) in [6, 6.07) is 0.973. The summed E-state index contributed by atoms with van der Waals surface area (Å²) < 4.78 is 22.4. The Morgan fingerprint density at radius 3 is 2.43 bits per heavy atom. The number of aliphatic hydroxyl groups is 4. The van der Waals surface area contributed by atoms with Crippen molar-refractivity contribution in [2.24, 2.45) is 0 Å². The van der Waals surface area contributed by atoms with Crippen molar-refractivity contribution in [3.05, 3.63) is 33.1 Å². The molecule has 2 heterocycles. The summed E-state index contributed by atoms with van der Waals surface area (Å²) in [7, 11) is -3.05. The zero-order chi connectivity index (χ0) is 21.0. The number of rotatable bonds is 9. The van der Waals surface area contributed by atoms with Crippen LogP contribution >= 0.6 is 16.0 Å². The molecule has 1 saturated heterocycles. The first-order valence-corrected chi connectivity index (χ1v) is 10.7. The summed E-state index contributed by atoms with van der Waals surface area (Å²) in [5, 5.41) is 61.9. The molecule has 0 aromatic carbocycles. The molecule has 0 aliphatic carbocycles. The fourth-order valence-corrected chi connectivity index (χ4v) is 4.53. The molecule has 2 rings (SSSR count). The largest absolute Gasteiger partial charge is 1.00 e. The molecular weight excluding hydrogens is 468 g/mol. The predicted octanol–water partition coefficient (Wildman–Crippen LogP) is -10.4. The van der Waals surface area contributed by atoms with Crippen LogP contribution in [0.1, 0.15) is 6.23 Å². The Labute approximate surface area is 216 Å². The SMILES string of the molecule is O=PP(OC[C@H]1O[C@@H](n2ccc(=O)[nH]c2=O)[C@H]([O-])[C@@H]1[O-])[C@@H](O)[C@@H](O)[C@H](O)CO.[Na+].[Na+]. The zero-order valence-corrected chi connectivity index (χ0v) is 21.9. The van der Waals surface area contributed by atoms with Crippen LogP contribution in [0.15, 0.2) is 21.9 Å². The van der Waals surface area contributed by atoms with Gasteiger partial charge in [-0.2, -0.15) is 0 Å². The minimum absolute atomic E-state index is 0. The number of hydrogen-bond donors (Lipinski definition) is 5. The third kappa shape index (κ3) is 7.46. The van der Waals surface area contributed by atoms with Gasteiger partial charge in [0, 0.05) is 12.3 Å². The smallest absolute Gasteiger partial charge is 0.851 e. The Balaban J connectivity index is 0.00000420. The Bertz CT molecular complexity index is 784. The first kappa shape index (κ1) is 30.9. The molecule has 13 nitrogen and oxygen atoms in total. The van der Waals surface area contributed by atoms with Crippen molar-refractivity contribution in [3.8, 4) is 0 Å². The molecule has 1 aromatic rings. The molecule has 1 unspecified atom stereocenters. The van der Waals surface area contributed by atoms with Crippen LogP contribution in [-0.2, 0) is 13.8 Å². The monoisotopic (exact) mass is 486 g/mol. The quantitative estimate of drug-likeness (QED) is 0.163. The number of aromatic amines is 1. The van der Waals surface area contributed by atoms with Gasteiger partial charge in [0.25, 0.3) is 5.56 Å². The number of hydrogen-bond acceptors (Lipinski definition) is 11. The van der Waals surface area contributed by atoms with Crippen LogP contribution in [0.5, 0.6) is 0 Å². The summed E-state index contributed by atoms with van der Waals surface area (Å²) in [6.07, 6.45) is -9.23. The van der Waals surface area contributed by atoms with Crippen molar-refractivity contribution >= 4 is 16.0 Å². The van der Waals surface area contributed by atoms with E-state index < -0.39 is 83.0 Å². The Morgan fingerprint density at radius 1 is 1.27 bits per heavy atom. The van der Waals surface area contributed by atoms with Crippen LogP contribution in [0, 0.1) is 0 Å². The average Bonchev–Trinajstić information content (AvgIpc) is 2.95. The molecule has 30 heavy (non-hydrogen) atoms. The molecule has 1 aliphatic rings. The topological polar surface area (TPSA) is 217 Å². The van der Waals surface area contributed by atoms with Gasteiger partial charge in [0.1, 0.15) is 24.3 Å². The van der Waals surface area contributed by atoms with E-state index in [1.165, 1.54) is 0 Å². The number of H-pyrrole nitrogens is 1. The normalized spacial score (nSPS) is 27.5. The molecule has 5 N–H and O–H groups in total. The number of aromatic nitrogens is 2. The minimum Gasteiger partial charge on any atom is -0.851 e. The maximum absolute atomic E-state index is 12.2. The minimum atomic E-state index is -2.31. The molecule has 0 amide bonds. The van der Waals surface area contributed by atoms with Crippen molar-refractivity contribution in [1.82, 2.24) is 9.55 Å². The van der Waals surface area contributed by atoms with Crippen LogP contribution in [-0.4, -0.2) is 79.6 Å².